The highest BCUT2D eigenvalue weighted by Gasteiger charge is 2.24. The first-order valence-corrected chi connectivity index (χ1v) is 3.83. The zero-order valence-electron chi connectivity index (χ0n) is 5.97. The molecule has 9 heavy (non-hydrogen) atoms. The first-order chi connectivity index (χ1) is 4.38. The standard InChI is InChI=1S/C8H14O/c1-2-7-4-3-5-8(7)6-9/h6-8H,2-5H2,1H3/t7-,8+/m1/s1. The van der Waals surface area contributed by atoms with E-state index in [2.05, 4.69) is 6.92 Å². The van der Waals surface area contributed by atoms with Gasteiger partial charge in [-0.25, -0.2) is 0 Å². The van der Waals surface area contributed by atoms with Crippen molar-refractivity contribution in [3.8, 4) is 0 Å². The van der Waals surface area contributed by atoms with Gasteiger partial charge in [0.15, 0.2) is 0 Å². The van der Waals surface area contributed by atoms with E-state index >= 15 is 0 Å². The lowest BCUT2D eigenvalue weighted by Gasteiger charge is -2.09. The van der Waals surface area contributed by atoms with Crippen LogP contribution in [0.3, 0.4) is 0 Å². The lowest BCUT2D eigenvalue weighted by atomic mass is 9.95. The van der Waals surface area contributed by atoms with Crippen molar-refractivity contribution in [2.24, 2.45) is 11.8 Å². The minimum atomic E-state index is 0.398. The fraction of sp³-hybridized carbons (Fsp3) is 0.875. The van der Waals surface area contributed by atoms with E-state index in [9.17, 15) is 4.79 Å². The van der Waals surface area contributed by atoms with Crippen molar-refractivity contribution in [1.29, 1.82) is 0 Å². The molecule has 0 heterocycles. The van der Waals surface area contributed by atoms with Crippen molar-refractivity contribution in [3.63, 3.8) is 0 Å². The molecule has 0 bridgehead atoms. The fourth-order valence-corrected chi connectivity index (χ4v) is 1.75. The molecule has 0 aliphatic heterocycles. The van der Waals surface area contributed by atoms with Crippen molar-refractivity contribution >= 4 is 6.29 Å². The Morgan fingerprint density at radius 1 is 1.56 bits per heavy atom. The van der Waals surface area contributed by atoms with Gasteiger partial charge < -0.3 is 4.79 Å². The van der Waals surface area contributed by atoms with Crippen molar-refractivity contribution in [2.45, 2.75) is 32.6 Å². The third-order valence-corrected chi connectivity index (χ3v) is 2.42. The molecule has 1 heteroatoms. The van der Waals surface area contributed by atoms with Crippen molar-refractivity contribution in [1.82, 2.24) is 0 Å². The number of carbonyl (C=O) groups is 1. The first-order valence-electron chi connectivity index (χ1n) is 3.83. The molecule has 0 N–H and O–H groups in total. The van der Waals surface area contributed by atoms with E-state index < -0.39 is 0 Å². The molecule has 1 saturated carbocycles. The molecule has 0 spiro atoms. The molecule has 0 saturated heterocycles. The van der Waals surface area contributed by atoms with Crippen molar-refractivity contribution in [3.05, 3.63) is 0 Å². The summed E-state index contributed by atoms with van der Waals surface area (Å²) in [5, 5.41) is 0. The van der Waals surface area contributed by atoms with Crippen LogP contribution in [0.2, 0.25) is 0 Å². The topological polar surface area (TPSA) is 17.1 Å². The van der Waals surface area contributed by atoms with Crippen LogP contribution in [0.4, 0.5) is 0 Å². The Bertz CT molecular complexity index is 98.7. The fourth-order valence-electron chi connectivity index (χ4n) is 1.75. The molecule has 52 valence electrons. The summed E-state index contributed by atoms with van der Waals surface area (Å²) in [5.74, 6) is 1.11. The molecular weight excluding hydrogens is 112 g/mol. The minimum absolute atomic E-state index is 0.398. The van der Waals surface area contributed by atoms with Gasteiger partial charge in [0.2, 0.25) is 0 Å². The number of aldehydes is 1. The van der Waals surface area contributed by atoms with E-state index in [0.717, 1.165) is 12.7 Å². The van der Waals surface area contributed by atoms with Gasteiger partial charge in [0.1, 0.15) is 6.29 Å². The van der Waals surface area contributed by atoms with Crippen LogP contribution >= 0.6 is 0 Å². The summed E-state index contributed by atoms with van der Waals surface area (Å²) >= 11 is 0. The molecule has 1 fully saturated rings. The van der Waals surface area contributed by atoms with Crippen LogP contribution in [0.15, 0.2) is 0 Å². The summed E-state index contributed by atoms with van der Waals surface area (Å²) < 4.78 is 0. The molecule has 1 nitrogen and oxygen atoms in total. The summed E-state index contributed by atoms with van der Waals surface area (Å²) in [5.41, 5.74) is 0. The maximum absolute atomic E-state index is 10.4. The van der Waals surface area contributed by atoms with E-state index in [0.29, 0.717) is 11.8 Å². The molecule has 1 rings (SSSR count). The number of hydrogen-bond acceptors (Lipinski definition) is 1. The second-order valence-electron chi connectivity index (χ2n) is 2.90. The van der Waals surface area contributed by atoms with Gasteiger partial charge in [0.05, 0.1) is 0 Å². The first kappa shape index (κ1) is 6.79. The lowest BCUT2D eigenvalue weighted by Crippen LogP contribution is -2.06. The third-order valence-electron chi connectivity index (χ3n) is 2.42. The van der Waals surface area contributed by atoms with Crippen LogP contribution in [-0.2, 0) is 4.79 Å². The zero-order chi connectivity index (χ0) is 6.69. The summed E-state index contributed by atoms with van der Waals surface area (Å²) in [7, 11) is 0. The number of carbonyl (C=O) groups excluding carboxylic acids is 1. The quantitative estimate of drug-likeness (QED) is 0.517. The SMILES string of the molecule is CC[C@@H]1CCC[C@H]1C=O. The Morgan fingerprint density at radius 3 is 2.78 bits per heavy atom. The molecule has 0 aromatic heterocycles. The summed E-state index contributed by atoms with van der Waals surface area (Å²) in [6.45, 7) is 2.17. The molecule has 0 aromatic carbocycles. The highest BCUT2D eigenvalue weighted by Crippen LogP contribution is 2.31. The van der Waals surface area contributed by atoms with Crippen LogP contribution in [0.1, 0.15) is 32.6 Å². The van der Waals surface area contributed by atoms with E-state index in [1.54, 1.807) is 0 Å². The average molecular weight is 126 g/mol. The van der Waals surface area contributed by atoms with Crippen LogP contribution < -0.4 is 0 Å². The number of hydrogen-bond donors (Lipinski definition) is 0. The number of rotatable bonds is 2. The van der Waals surface area contributed by atoms with Gasteiger partial charge in [-0.05, 0) is 18.8 Å². The molecule has 0 radical (unpaired) electrons. The molecule has 0 amide bonds. The molecular formula is C8H14O. The van der Waals surface area contributed by atoms with Crippen LogP contribution in [0, 0.1) is 11.8 Å². The van der Waals surface area contributed by atoms with Crippen LogP contribution in [0.5, 0.6) is 0 Å². The van der Waals surface area contributed by atoms with Crippen molar-refractivity contribution in [2.75, 3.05) is 0 Å². The van der Waals surface area contributed by atoms with E-state index in [-0.39, 0.29) is 0 Å². The van der Waals surface area contributed by atoms with Gasteiger partial charge in [-0.3, -0.25) is 0 Å². The summed E-state index contributed by atoms with van der Waals surface area (Å²) in [6, 6.07) is 0. The van der Waals surface area contributed by atoms with Crippen LogP contribution in [0.25, 0.3) is 0 Å². The zero-order valence-corrected chi connectivity index (χ0v) is 5.97. The Hall–Kier alpha value is -0.330. The predicted octanol–water partition coefficient (Wildman–Crippen LogP) is 2.01. The lowest BCUT2D eigenvalue weighted by molar-refractivity contribution is -0.112. The van der Waals surface area contributed by atoms with Gasteiger partial charge in [-0.1, -0.05) is 19.8 Å². The Balaban J connectivity index is 2.41. The average Bonchev–Trinajstić information content (AvgIpc) is 2.33. The Labute approximate surface area is 56.4 Å². The molecule has 1 aliphatic carbocycles. The van der Waals surface area contributed by atoms with Gasteiger partial charge >= 0.3 is 0 Å². The monoisotopic (exact) mass is 126 g/mol. The maximum Gasteiger partial charge on any atom is 0.123 e. The summed E-state index contributed by atoms with van der Waals surface area (Å²) in [4.78, 5) is 10.4. The third kappa shape index (κ3) is 1.32. The van der Waals surface area contributed by atoms with Crippen molar-refractivity contribution < 1.29 is 4.79 Å². The largest absolute Gasteiger partial charge is 0.303 e. The normalized spacial score (nSPS) is 34.8. The van der Waals surface area contributed by atoms with E-state index in [1.165, 1.54) is 19.3 Å². The highest BCUT2D eigenvalue weighted by atomic mass is 16.1. The Morgan fingerprint density at radius 2 is 2.33 bits per heavy atom. The van der Waals surface area contributed by atoms with E-state index in [4.69, 9.17) is 0 Å². The van der Waals surface area contributed by atoms with Gasteiger partial charge in [-0.15, -0.1) is 0 Å². The van der Waals surface area contributed by atoms with Crippen LogP contribution in [-0.4, -0.2) is 6.29 Å². The smallest absolute Gasteiger partial charge is 0.123 e. The molecule has 2 atom stereocenters. The second-order valence-corrected chi connectivity index (χ2v) is 2.90. The second kappa shape index (κ2) is 3.00. The highest BCUT2D eigenvalue weighted by molar-refractivity contribution is 5.54. The Kier molecular flexibility index (Phi) is 2.26. The molecule has 0 aromatic rings. The minimum Gasteiger partial charge on any atom is -0.303 e. The predicted molar refractivity (Wildman–Crippen MR) is 37.2 cm³/mol. The molecule has 1 aliphatic rings. The van der Waals surface area contributed by atoms with Gasteiger partial charge in [0, 0.05) is 5.92 Å². The molecule has 0 unspecified atom stereocenters. The van der Waals surface area contributed by atoms with Gasteiger partial charge in [0.25, 0.3) is 0 Å². The van der Waals surface area contributed by atoms with Gasteiger partial charge in [-0.2, -0.15) is 0 Å². The summed E-state index contributed by atoms with van der Waals surface area (Å²) in [6.07, 6.45) is 6.01. The maximum atomic E-state index is 10.4. The van der Waals surface area contributed by atoms with E-state index in [1.807, 2.05) is 0 Å².